The Kier molecular flexibility index (Phi) is 4.98. The number of halogens is 1. The minimum Gasteiger partial charge on any atom is -0.314 e. The van der Waals surface area contributed by atoms with Crippen molar-refractivity contribution in [2.75, 3.05) is 11.9 Å². The van der Waals surface area contributed by atoms with E-state index < -0.39 is 0 Å². The topological polar surface area (TPSA) is 55.2 Å². The first-order valence-electron chi connectivity index (χ1n) is 9.00. The van der Waals surface area contributed by atoms with Gasteiger partial charge in [-0.25, -0.2) is 9.37 Å². The van der Waals surface area contributed by atoms with Crippen molar-refractivity contribution in [3.8, 4) is 11.1 Å². The minimum atomic E-state index is -0.373. The number of likely N-dealkylation sites (N-methyl/N-ethyl adjacent to an activating group) is 1. The molecule has 0 saturated carbocycles. The van der Waals surface area contributed by atoms with Gasteiger partial charge in [0.15, 0.2) is 0 Å². The van der Waals surface area contributed by atoms with E-state index in [0.29, 0.717) is 15.9 Å². The van der Waals surface area contributed by atoms with Gasteiger partial charge in [-0.15, -0.1) is 11.3 Å². The molecule has 0 unspecified atom stereocenters. The number of hydrogen-bond donors (Lipinski definition) is 0. The molecule has 0 aliphatic carbocycles. The molecule has 0 spiro atoms. The monoisotopic (exact) mass is 407 g/mol. The number of rotatable bonds is 4. The number of carbonyl (C=O) groups excluding carboxylic acids is 1. The first-order chi connectivity index (χ1) is 13.9. The molecule has 4 rings (SSSR count). The van der Waals surface area contributed by atoms with Crippen LogP contribution in [0, 0.1) is 12.7 Å². The Morgan fingerprint density at radius 1 is 1.14 bits per heavy atom. The Labute approximate surface area is 170 Å². The van der Waals surface area contributed by atoms with Crippen molar-refractivity contribution in [2.24, 2.45) is 0 Å². The Morgan fingerprint density at radius 3 is 2.52 bits per heavy atom. The van der Waals surface area contributed by atoms with Crippen molar-refractivity contribution < 1.29 is 9.18 Å². The summed E-state index contributed by atoms with van der Waals surface area (Å²) in [6.07, 6.45) is 1.41. The number of benzene rings is 2. The summed E-state index contributed by atoms with van der Waals surface area (Å²) in [5.41, 5.74) is 4.00. The van der Waals surface area contributed by atoms with Gasteiger partial charge in [-0.2, -0.15) is 0 Å². The van der Waals surface area contributed by atoms with Gasteiger partial charge < -0.3 is 4.90 Å². The van der Waals surface area contributed by atoms with Gasteiger partial charge in [0, 0.05) is 23.7 Å². The largest absolute Gasteiger partial charge is 0.314 e. The zero-order valence-corrected chi connectivity index (χ0v) is 16.7. The zero-order valence-electron chi connectivity index (χ0n) is 15.9. The second-order valence-corrected chi connectivity index (χ2v) is 7.68. The molecule has 0 atom stereocenters. The maximum Gasteiger partial charge on any atom is 0.271 e. The lowest BCUT2D eigenvalue weighted by Gasteiger charge is -2.17. The van der Waals surface area contributed by atoms with E-state index in [-0.39, 0.29) is 23.8 Å². The Hall–Kier alpha value is -3.32. The zero-order chi connectivity index (χ0) is 20.5. The molecule has 29 heavy (non-hydrogen) atoms. The summed E-state index contributed by atoms with van der Waals surface area (Å²) >= 11 is 1.32. The summed E-state index contributed by atoms with van der Waals surface area (Å²) in [5, 5.41) is 1.92. The number of aromatic nitrogens is 2. The molecule has 2 aromatic carbocycles. The van der Waals surface area contributed by atoms with Gasteiger partial charge in [0.2, 0.25) is 5.91 Å². The summed E-state index contributed by atoms with van der Waals surface area (Å²) in [7, 11) is 1.59. The normalized spacial score (nSPS) is 11.0. The predicted octanol–water partition coefficient (Wildman–Crippen LogP) is 4.24. The molecule has 0 aliphatic rings. The fourth-order valence-corrected chi connectivity index (χ4v) is 4.03. The van der Waals surface area contributed by atoms with E-state index in [2.05, 4.69) is 4.98 Å². The summed E-state index contributed by atoms with van der Waals surface area (Å²) < 4.78 is 14.9. The van der Waals surface area contributed by atoms with Gasteiger partial charge in [-0.1, -0.05) is 29.8 Å². The SMILES string of the molecule is Cc1ccc(-c2csc3c(=O)n(CC(=O)N(C)c4ccc(F)cc4)cnc23)cc1. The molecular formula is C22H18FN3O2S. The van der Waals surface area contributed by atoms with Crippen LogP contribution in [0.3, 0.4) is 0 Å². The van der Waals surface area contributed by atoms with Crippen LogP contribution in [0.15, 0.2) is 65.0 Å². The second-order valence-electron chi connectivity index (χ2n) is 6.80. The molecule has 1 amide bonds. The van der Waals surface area contributed by atoms with Crippen molar-refractivity contribution in [1.82, 2.24) is 9.55 Å². The van der Waals surface area contributed by atoms with Crippen LogP contribution >= 0.6 is 11.3 Å². The number of fused-ring (bicyclic) bond motifs is 1. The lowest BCUT2D eigenvalue weighted by molar-refractivity contribution is -0.118. The number of amides is 1. The molecule has 0 saturated heterocycles. The summed E-state index contributed by atoms with van der Waals surface area (Å²) in [5.74, 6) is -0.669. The average molecular weight is 407 g/mol. The standard InChI is InChI=1S/C22H18FN3O2S/c1-14-3-5-15(6-4-14)18-12-29-21-20(18)24-13-26(22(21)28)11-19(27)25(2)17-9-7-16(23)8-10-17/h3-10,12-13H,11H2,1-2H3. The number of hydrogen-bond acceptors (Lipinski definition) is 4. The summed E-state index contributed by atoms with van der Waals surface area (Å²) in [4.78, 5) is 31.3. The van der Waals surface area contributed by atoms with Crippen LogP contribution in [-0.2, 0) is 11.3 Å². The maximum absolute atomic E-state index is 13.1. The summed E-state index contributed by atoms with van der Waals surface area (Å²) in [6, 6.07) is 13.7. The first-order valence-corrected chi connectivity index (χ1v) is 9.88. The van der Waals surface area contributed by atoms with E-state index in [0.717, 1.165) is 16.7 Å². The first kappa shape index (κ1) is 19.0. The number of thiophene rings is 1. The van der Waals surface area contributed by atoms with Crippen LogP contribution in [0.4, 0.5) is 10.1 Å². The molecule has 0 aliphatic heterocycles. The highest BCUT2D eigenvalue weighted by molar-refractivity contribution is 7.17. The quantitative estimate of drug-likeness (QED) is 0.509. The molecule has 2 aromatic heterocycles. The molecule has 0 N–H and O–H groups in total. The third-order valence-electron chi connectivity index (χ3n) is 4.80. The molecule has 146 valence electrons. The van der Waals surface area contributed by atoms with Gasteiger partial charge in [-0.3, -0.25) is 14.2 Å². The second kappa shape index (κ2) is 7.60. The van der Waals surface area contributed by atoms with Crippen molar-refractivity contribution in [2.45, 2.75) is 13.5 Å². The van der Waals surface area contributed by atoms with Gasteiger partial charge in [0.25, 0.3) is 5.56 Å². The van der Waals surface area contributed by atoms with Gasteiger partial charge in [0.05, 0.1) is 11.8 Å². The molecule has 7 heteroatoms. The Bertz CT molecular complexity index is 1240. The lowest BCUT2D eigenvalue weighted by Crippen LogP contribution is -2.33. The smallest absolute Gasteiger partial charge is 0.271 e. The van der Waals surface area contributed by atoms with E-state index >= 15 is 0 Å². The minimum absolute atomic E-state index is 0.145. The molecule has 0 fully saturated rings. The average Bonchev–Trinajstić information content (AvgIpc) is 3.15. The fraction of sp³-hybridized carbons (Fsp3) is 0.136. The molecule has 4 aromatic rings. The third kappa shape index (κ3) is 3.69. The molecule has 0 radical (unpaired) electrons. The number of nitrogens with zero attached hydrogens (tertiary/aromatic N) is 3. The fourth-order valence-electron chi connectivity index (χ4n) is 3.05. The van der Waals surface area contributed by atoms with Crippen LogP contribution in [0.25, 0.3) is 21.3 Å². The van der Waals surface area contributed by atoms with E-state index in [1.165, 1.54) is 51.4 Å². The predicted molar refractivity (Wildman–Crippen MR) is 114 cm³/mol. The van der Waals surface area contributed by atoms with Gasteiger partial charge in [-0.05, 0) is 36.8 Å². The van der Waals surface area contributed by atoms with Crippen LogP contribution in [0.2, 0.25) is 0 Å². The Morgan fingerprint density at radius 2 is 1.83 bits per heavy atom. The van der Waals surface area contributed by atoms with E-state index in [1.807, 2.05) is 36.6 Å². The van der Waals surface area contributed by atoms with Crippen molar-refractivity contribution in [3.05, 3.63) is 82.0 Å². The van der Waals surface area contributed by atoms with Crippen molar-refractivity contribution in [1.29, 1.82) is 0 Å². The molecule has 5 nitrogen and oxygen atoms in total. The Balaban J connectivity index is 1.63. The van der Waals surface area contributed by atoms with Crippen LogP contribution in [-0.4, -0.2) is 22.5 Å². The number of aryl methyl sites for hydroxylation is 1. The van der Waals surface area contributed by atoms with E-state index in [9.17, 15) is 14.0 Å². The van der Waals surface area contributed by atoms with Crippen LogP contribution in [0.5, 0.6) is 0 Å². The lowest BCUT2D eigenvalue weighted by atomic mass is 10.1. The molecule has 0 bridgehead atoms. The van der Waals surface area contributed by atoms with Crippen LogP contribution in [0.1, 0.15) is 5.56 Å². The van der Waals surface area contributed by atoms with Crippen LogP contribution < -0.4 is 10.5 Å². The van der Waals surface area contributed by atoms with E-state index in [1.54, 1.807) is 7.05 Å². The molecular weight excluding hydrogens is 389 g/mol. The van der Waals surface area contributed by atoms with Crippen molar-refractivity contribution in [3.63, 3.8) is 0 Å². The highest BCUT2D eigenvalue weighted by Gasteiger charge is 2.16. The summed E-state index contributed by atoms with van der Waals surface area (Å²) in [6.45, 7) is 1.87. The van der Waals surface area contributed by atoms with E-state index in [4.69, 9.17) is 0 Å². The molecule has 2 heterocycles. The third-order valence-corrected chi connectivity index (χ3v) is 5.76. The maximum atomic E-state index is 13.1. The number of anilines is 1. The highest BCUT2D eigenvalue weighted by atomic mass is 32.1. The van der Waals surface area contributed by atoms with Gasteiger partial charge in [0.1, 0.15) is 17.1 Å². The highest BCUT2D eigenvalue weighted by Crippen LogP contribution is 2.30. The van der Waals surface area contributed by atoms with Crippen molar-refractivity contribution >= 4 is 33.1 Å². The van der Waals surface area contributed by atoms with Gasteiger partial charge >= 0.3 is 0 Å². The number of carbonyl (C=O) groups is 1.